The largest absolute Gasteiger partial charge is 0.350 e. The number of nitrogens with one attached hydrogen (secondary N) is 1. The zero-order valence-electron chi connectivity index (χ0n) is 22.6. The monoisotopic (exact) mass is 633 g/mol. The molecule has 0 unspecified atom stereocenters. The van der Waals surface area contributed by atoms with Gasteiger partial charge in [-0.25, -0.2) is 8.42 Å². The van der Waals surface area contributed by atoms with Crippen LogP contribution in [0.1, 0.15) is 38.8 Å². The first-order chi connectivity index (χ1) is 18.2. The van der Waals surface area contributed by atoms with E-state index >= 15 is 0 Å². The van der Waals surface area contributed by atoms with Crippen LogP contribution in [0.25, 0.3) is 0 Å². The number of amides is 2. The molecule has 0 saturated carbocycles. The molecule has 0 aliphatic rings. The number of carbonyl (C=O) groups excluding carboxylic acids is 2. The highest BCUT2D eigenvalue weighted by atomic mass is 79.9. The Morgan fingerprint density at radius 2 is 1.62 bits per heavy atom. The molecule has 10 heteroatoms. The lowest BCUT2D eigenvalue weighted by molar-refractivity contribution is -0.140. The molecule has 3 aromatic carbocycles. The summed E-state index contributed by atoms with van der Waals surface area (Å²) in [5.74, 6) is -0.857. The highest BCUT2D eigenvalue weighted by Crippen LogP contribution is 2.26. The normalized spacial score (nSPS) is 12.5. The van der Waals surface area contributed by atoms with E-state index in [-0.39, 0.29) is 17.3 Å². The molecule has 7 nitrogen and oxygen atoms in total. The smallest absolute Gasteiger partial charge is 0.264 e. The van der Waals surface area contributed by atoms with E-state index < -0.39 is 34.1 Å². The molecule has 3 aromatic rings. The average Bonchev–Trinajstić information content (AvgIpc) is 2.85. The van der Waals surface area contributed by atoms with Gasteiger partial charge in [-0.05, 0) is 94.3 Å². The number of benzene rings is 3. The molecule has 0 fully saturated rings. The van der Waals surface area contributed by atoms with Crippen LogP contribution >= 0.6 is 27.5 Å². The number of carbonyl (C=O) groups is 2. The molecule has 1 atom stereocenters. The zero-order chi connectivity index (χ0) is 29.0. The third-order valence-electron chi connectivity index (χ3n) is 5.90. The Labute approximate surface area is 244 Å². The summed E-state index contributed by atoms with van der Waals surface area (Å²) in [7, 11) is -4.15. The van der Waals surface area contributed by atoms with Gasteiger partial charge < -0.3 is 10.2 Å². The lowest BCUT2D eigenvalue weighted by atomic mass is 10.1. The summed E-state index contributed by atoms with van der Waals surface area (Å²) < 4.78 is 29.6. The van der Waals surface area contributed by atoms with E-state index in [1.165, 1.54) is 29.2 Å². The van der Waals surface area contributed by atoms with Gasteiger partial charge in [-0.3, -0.25) is 13.9 Å². The van der Waals surface area contributed by atoms with Gasteiger partial charge >= 0.3 is 0 Å². The topological polar surface area (TPSA) is 86.8 Å². The third kappa shape index (κ3) is 8.30. The van der Waals surface area contributed by atoms with Crippen LogP contribution in [0.3, 0.4) is 0 Å². The third-order valence-corrected chi connectivity index (χ3v) is 8.47. The number of aryl methyl sites for hydroxylation is 1. The van der Waals surface area contributed by atoms with Gasteiger partial charge in [-0.15, -0.1) is 0 Å². The molecule has 0 radical (unpaired) electrons. The minimum absolute atomic E-state index is 0.000750. The van der Waals surface area contributed by atoms with E-state index in [2.05, 4.69) is 21.2 Å². The van der Waals surface area contributed by atoms with Crippen LogP contribution in [0, 0.1) is 6.92 Å². The van der Waals surface area contributed by atoms with Crippen molar-refractivity contribution in [2.24, 2.45) is 0 Å². The second kappa shape index (κ2) is 12.5. The van der Waals surface area contributed by atoms with Gasteiger partial charge in [-0.2, -0.15) is 0 Å². The maximum Gasteiger partial charge on any atom is 0.264 e. The Bertz CT molecular complexity index is 1420. The summed E-state index contributed by atoms with van der Waals surface area (Å²) in [6.45, 7) is 8.68. The van der Waals surface area contributed by atoms with Crippen LogP contribution in [0.4, 0.5) is 5.69 Å². The fraction of sp³-hybridized carbons (Fsp3) is 0.310. The molecule has 3 rings (SSSR count). The Hall–Kier alpha value is -2.88. The standard InChI is InChI=1S/C29H33BrClN3O4S/c1-20-7-6-8-25(17-20)34(39(37,38)26-15-13-24(31)14-16-26)19-27(35)33(18-22-9-11-23(30)12-10-22)21(2)28(36)32-29(3,4)5/h6-17,21H,18-19H2,1-5H3,(H,32,36)/t21-/m0/s1. The maximum absolute atomic E-state index is 13.9. The van der Waals surface area contributed by atoms with Crippen LogP contribution in [-0.2, 0) is 26.2 Å². The van der Waals surface area contributed by atoms with Gasteiger partial charge in [0.1, 0.15) is 12.6 Å². The van der Waals surface area contributed by atoms with Crippen molar-refractivity contribution in [1.29, 1.82) is 0 Å². The Kier molecular flexibility index (Phi) is 9.85. The van der Waals surface area contributed by atoms with E-state index in [0.717, 1.165) is 19.9 Å². The Morgan fingerprint density at radius 1 is 1.00 bits per heavy atom. The molecule has 0 aliphatic heterocycles. The summed E-state index contributed by atoms with van der Waals surface area (Å²) in [6.07, 6.45) is 0. The number of hydrogen-bond donors (Lipinski definition) is 1. The summed E-state index contributed by atoms with van der Waals surface area (Å²) in [5.41, 5.74) is 1.46. The van der Waals surface area contributed by atoms with Gasteiger partial charge in [0.15, 0.2) is 0 Å². The molecule has 208 valence electrons. The van der Waals surface area contributed by atoms with E-state index in [4.69, 9.17) is 11.6 Å². The van der Waals surface area contributed by atoms with Crippen molar-refractivity contribution in [2.45, 2.75) is 57.6 Å². The first kappa shape index (κ1) is 30.7. The molecule has 2 amide bonds. The lowest BCUT2D eigenvalue weighted by Gasteiger charge is -2.33. The van der Waals surface area contributed by atoms with Crippen LogP contribution < -0.4 is 9.62 Å². The first-order valence-corrected chi connectivity index (χ1v) is 15.0. The maximum atomic E-state index is 13.9. The SMILES string of the molecule is Cc1cccc(N(CC(=O)N(Cc2ccc(Br)cc2)[C@@H](C)C(=O)NC(C)(C)C)S(=O)(=O)c2ccc(Cl)cc2)c1. The zero-order valence-corrected chi connectivity index (χ0v) is 25.8. The van der Waals surface area contributed by atoms with Crippen molar-refractivity contribution in [3.63, 3.8) is 0 Å². The minimum atomic E-state index is -4.15. The summed E-state index contributed by atoms with van der Waals surface area (Å²) in [5, 5.41) is 3.31. The van der Waals surface area contributed by atoms with E-state index in [9.17, 15) is 18.0 Å². The predicted molar refractivity (Wildman–Crippen MR) is 159 cm³/mol. The molecule has 0 heterocycles. The lowest BCUT2D eigenvalue weighted by Crippen LogP contribution is -2.54. The van der Waals surface area contributed by atoms with Crippen molar-refractivity contribution in [3.8, 4) is 0 Å². The molecule has 0 saturated heterocycles. The van der Waals surface area contributed by atoms with Crippen LogP contribution in [0.2, 0.25) is 5.02 Å². The van der Waals surface area contributed by atoms with Gasteiger partial charge in [0, 0.05) is 21.6 Å². The number of hydrogen-bond acceptors (Lipinski definition) is 4. The number of nitrogens with zero attached hydrogens (tertiary/aromatic N) is 2. The van der Waals surface area contributed by atoms with Crippen molar-refractivity contribution in [2.75, 3.05) is 10.8 Å². The summed E-state index contributed by atoms with van der Waals surface area (Å²) in [4.78, 5) is 28.5. The number of halogens is 2. The van der Waals surface area contributed by atoms with Gasteiger partial charge in [-0.1, -0.05) is 51.8 Å². The number of sulfonamides is 1. The quantitative estimate of drug-likeness (QED) is 0.316. The van der Waals surface area contributed by atoms with E-state index in [0.29, 0.717) is 10.7 Å². The summed E-state index contributed by atoms with van der Waals surface area (Å²) in [6, 6.07) is 19.2. The molecule has 0 bridgehead atoms. The molecule has 0 aromatic heterocycles. The molecule has 39 heavy (non-hydrogen) atoms. The van der Waals surface area contributed by atoms with Crippen molar-refractivity contribution < 1.29 is 18.0 Å². The Balaban J connectivity index is 2.03. The minimum Gasteiger partial charge on any atom is -0.350 e. The average molecular weight is 635 g/mol. The van der Waals surface area contributed by atoms with Crippen LogP contribution in [0.5, 0.6) is 0 Å². The van der Waals surface area contributed by atoms with E-state index in [1.807, 2.05) is 58.0 Å². The van der Waals surface area contributed by atoms with Crippen LogP contribution in [0.15, 0.2) is 82.2 Å². The van der Waals surface area contributed by atoms with Crippen molar-refractivity contribution >= 4 is 55.1 Å². The van der Waals surface area contributed by atoms with E-state index in [1.54, 1.807) is 25.1 Å². The number of anilines is 1. The first-order valence-electron chi connectivity index (χ1n) is 12.4. The van der Waals surface area contributed by atoms with Crippen molar-refractivity contribution in [3.05, 3.63) is 93.4 Å². The van der Waals surface area contributed by atoms with Gasteiger partial charge in [0.05, 0.1) is 10.6 Å². The second-order valence-electron chi connectivity index (χ2n) is 10.4. The van der Waals surface area contributed by atoms with Crippen LogP contribution in [-0.4, -0.2) is 43.3 Å². The predicted octanol–water partition coefficient (Wildman–Crippen LogP) is 5.94. The molecule has 1 N–H and O–H groups in total. The van der Waals surface area contributed by atoms with Gasteiger partial charge in [0.25, 0.3) is 10.0 Å². The second-order valence-corrected chi connectivity index (χ2v) is 13.6. The molecular weight excluding hydrogens is 602 g/mol. The van der Waals surface area contributed by atoms with Crippen molar-refractivity contribution in [1.82, 2.24) is 10.2 Å². The van der Waals surface area contributed by atoms with Gasteiger partial charge in [0.2, 0.25) is 11.8 Å². The Morgan fingerprint density at radius 3 is 2.18 bits per heavy atom. The highest BCUT2D eigenvalue weighted by Gasteiger charge is 2.33. The molecule has 0 spiro atoms. The number of rotatable bonds is 9. The highest BCUT2D eigenvalue weighted by molar-refractivity contribution is 9.10. The molecule has 0 aliphatic carbocycles. The fourth-order valence-electron chi connectivity index (χ4n) is 3.89. The fourth-order valence-corrected chi connectivity index (χ4v) is 5.69. The summed E-state index contributed by atoms with van der Waals surface area (Å²) >= 11 is 9.40. The molecular formula is C29H33BrClN3O4S.